The number of aromatic nitrogens is 1. The first-order chi connectivity index (χ1) is 14.7. The second-order valence-corrected chi connectivity index (χ2v) is 8.04. The number of benzene rings is 2. The van der Waals surface area contributed by atoms with Crippen LogP contribution in [0.3, 0.4) is 0 Å². The molecular weight excluding hydrogens is 403 g/mol. The molecule has 1 atom stereocenters. The van der Waals surface area contributed by atoms with E-state index in [1.807, 2.05) is 61.6 Å². The van der Waals surface area contributed by atoms with Crippen molar-refractivity contribution in [1.82, 2.24) is 9.47 Å². The van der Waals surface area contributed by atoms with Gasteiger partial charge in [0.1, 0.15) is 0 Å². The fourth-order valence-corrected chi connectivity index (χ4v) is 4.13. The summed E-state index contributed by atoms with van der Waals surface area (Å²) in [4.78, 5) is 17.1. The van der Waals surface area contributed by atoms with E-state index in [4.69, 9.17) is 0 Å². The van der Waals surface area contributed by atoms with Crippen LogP contribution >= 0.6 is 0 Å². The lowest BCUT2D eigenvalue weighted by atomic mass is 9.97. The molecule has 0 radical (unpaired) electrons. The summed E-state index contributed by atoms with van der Waals surface area (Å²) >= 11 is 0. The lowest BCUT2D eigenvalue weighted by molar-refractivity contribution is -0.138. The Hall–Kier alpha value is -3.22. The number of rotatable bonds is 3. The van der Waals surface area contributed by atoms with Crippen molar-refractivity contribution in [2.45, 2.75) is 25.7 Å². The van der Waals surface area contributed by atoms with E-state index >= 15 is 0 Å². The molecule has 1 aliphatic heterocycles. The maximum atomic E-state index is 13.4. The van der Waals surface area contributed by atoms with Crippen molar-refractivity contribution >= 4 is 11.6 Å². The highest BCUT2D eigenvalue weighted by molar-refractivity contribution is 5.95. The Morgan fingerprint density at radius 3 is 2.39 bits per heavy atom. The molecule has 0 fully saturated rings. The predicted octanol–water partition coefficient (Wildman–Crippen LogP) is 5.13. The minimum Gasteiger partial charge on any atom is -0.378 e. The number of aryl methyl sites for hydroxylation is 1. The van der Waals surface area contributed by atoms with E-state index in [0.29, 0.717) is 13.1 Å². The van der Waals surface area contributed by atoms with Crippen LogP contribution in [0.25, 0.3) is 0 Å². The third-order valence-electron chi connectivity index (χ3n) is 5.81. The van der Waals surface area contributed by atoms with Gasteiger partial charge in [-0.15, -0.1) is 0 Å². The average Bonchev–Trinajstić information content (AvgIpc) is 3.21. The molecule has 2 heterocycles. The molecule has 1 aliphatic rings. The van der Waals surface area contributed by atoms with Crippen molar-refractivity contribution in [1.29, 1.82) is 0 Å². The highest BCUT2D eigenvalue weighted by Crippen LogP contribution is 2.36. The maximum absolute atomic E-state index is 13.4. The number of hydrogen-bond acceptors (Lipinski definition) is 2. The van der Waals surface area contributed by atoms with Gasteiger partial charge in [-0.3, -0.25) is 4.79 Å². The van der Waals surface area contributed by atoms with Gasteiger partial charge < -0.3 is 14.4 Å². The number of anilines is 1. The Labute approximate surface area is 179 Å². The first kappa shape index (κ1) is 21.0. The van der Waals surface area contributed by atoms with E-state index in [2.05, 4.69) is 4.57 Å². The normalized spacial score (nSPS) is 16.2. The molecule has 1 amide bonds. The number of amides is 1. The summed E-state index contributed by atoms with van der Waals surface area (Å²) in [5.74, 6) is -0.403. The average molecular weight is 427 g/mol. The Morgan fingerprint density at radius 1 is 1.03 bits per heavy atom. The quantitative estimate of drug-likeness (QED) is 0.580. The summed E-state index contributed by atoms with van der Waals surface area (Å²) in [5, 5.41) is 0. The number of halogens is 3. The lowest BCUT2D eigenvalue weighted by Gasteiger charge is -2.37. The fourth-order valence-electron chi connectivity index (χ4n) is 4.13. The molecule has 2 aromatic carbocycles. The molecule has 3 aromatic rings. The molecule has 0 unspecified atom stereocenters. The van der Waals surface area contributed by atoms with Crippen molar-refractivity contribution in [3.8, 4) is 0 Å². The van der Waals surface area contributed by atoms with Crippen LogP contribution in [0.15, 0.2) is 60.8 Å². The molecule has 0 saturated carbocycles. The molecule has 0 N–H and O–H groups in total. The molecule has 1 aromatic heterocycles. The van der Waals surface area contributed by atoms with Crippen LogP contribution in [0.2, 0.25) is 0 Å². The van der Waals surface area contributed by atoms with E-state index in [0.717, 1.165) is 23.0 Å². The minimum atomic E-state index is -4.50. The molecule has 4 nitrogen and oxygen atoms in total. The van der Waals surface area contributed by atoms with Gasteiger partial charge in [0.25, 0.3) is 5.91 Å². The SMILES string of the molecule is Cc1ccc(C(=O)N2CCn3cccc3[C@@H]2c2ccc(N(C)C)cc2)cc1C(F)(F)F. The van der Waals surface area contributed by atoms with Crippen molar-refractivity contribution in [3.05, 3.63) is 88.7 Å². The van der Waals surface area contributed by atoms with Crippen molar-refractivity contribution < 1.29 is 18.0 Å². The third-order valence-corrected chi connectivity index (χ3v) is 5.81. The lowest BCUT2D eigenvalue weighted by Crippen LogP contribution is -2.42. The first-order valence-electron chi connectivity index (χ1n) is 10.1. The number of nitrogens with zero attached hydrogens (tertiary/aromatic N) is 3. The van der Waals surface area contributed by atoms with Gasteiger partial charge in [0, 0.05) is 50.3 Å². The summed E-state index contributed by atoms with van der Waals surface area (Å²) in [5.41, 5.74) is 2.27. The smallest absolute Gasteiger partial charge is 0.378 e. The second kappa shape index (κ2) is 7.80. The van der Waals surface area contributed by atoms with Crippen LogP contribution in [-0.2, 0) is 12.7 Å². The fraction of sp³-hybridized carbons (Fsp3) is 0.292. The molecular formula is C24H24F3N3O. The van der Waals surface area contributed by atoms with Crippen molar-refractivity contribution in [3.63, 3.8) is 0 Å². The largest absolute Gasteiger partial charge is 0.416 e. The first-order valence-corrected chi connectivity index (χ1v) is 10.1. The number of carbonyl (C=O) groups excluding carboxylic acids is 1. The van der Waals surface area contributed by atoms with E-state index in [9.17, 15) is 18.0 Å². The zero-order valence-corrected chi connectivity index (χ0v) is 17.6. The molecule has 162 valence electrons. The van der Waals surface area contributed by atoms with Gasteiger partial charge in [0.2, 0.25) is 0 Å². The summed E-state index contributed by atoms with van der Waals surface area (Å²) in [7, 11) is 3.90. The molecule has 0 bridgehead atoms. The Kier molecular flexibility index (Phi) is 5.29. The van der Waals surface area contributed by atoms with E-state index in [1.165, 1.54) is 19.1 Å². The van der Waals surface area contributed by atoms with Crippen LogP contribution in [0.1, 0.15) is 38.8 Å². The molecule has 0 saturated heterocycles. The Balaban J connectivity index is 1.75. The highest BCUT2D eigenvalue weighted by atomic mass is 19.4. The van der Waals surface area contributed by atoms with Gasteiger partial charge in [-0.2, -0.15) is 13.2 Å². The molecule has 0 aliphatic carbocycles. The van der Waals surface area contributed by atoms with E-state index < -0.39 is 17.6 Å². The minimum absolute atomic E-state index is 0.0489. The third kappa shape index (κ3) is 3.92. The predicted molar refractivity (Wildman–Crippen MR) is 114 cm³/mol. The van der Waals surface area contributed by atoms with Gasteiger partial charge in [0.05, 0.1) is 11.6 Å². The summed E-state index contributed by atoms with van der Waals surface area (Å²) in [6, 6.07) is 15.2. The zero-order valence-electron chi connectivity index (χ0n) is 17.6. The second-order valence-electron chi connectivity index (χ2n) is 8.04. The molecule has 4 rings (SSSR count). The van der Waals surface area contributed by atoms with Gasteiger partial charge in [-0.1, -0.05) is 18.2 Å². The van der Waals surface area contributed by atoms with E-state index in [-0.39, 0.29) is 17.2 Å². The summed E-state index contributed by atoms with van der Waals surface area (Å²) in [6.07, 6.45) is -2.54. The highest BCUT2D eigenvalue weighted by Gasteiger charge is 2.36. The van der Waals surface area contributed by atoms with Crippen LogP contribution < -0.4 is 4.90 Å². The van der Waals surface area contributed by atoms with Crippen molar-refractivity contribution in [2.24, 2.45) is 0 Å². The van der Waals surface area contributed by atoms with Crippen LogP contribution in [-0.4, -0.2) is 36.0 Å². The number of hydrogen-bond donors (Lipinski definition) is 0. The zero-order chi connectivity index (χ0) is 22.3. The Morgan fingerprint density at radius 2 is 1.74 bits per heavy atom. The van der Waals surface area contributed by atoms with Crippen molar-refractivity contribution in [2.75, 3.05) is 25.5 Å². The van der Waals surface area contributed by atoms with Crippen LogP contribution in [0.5, 0.6) is 0 Å². The Bertz CT molecular complexity index is 1100. The van der Waals surface area contributed by atoms with Gasteiger partial charge in [-0.05, 0) is 54.4 Å². The van der Waals surface area contributed by atoms with Crippen LogP contribution in [0.4, 0.5) is 18.9 Å². The molecule has 31 heavy (non-hydrogen) atoms. The maximum Gasteiger partial charge on any atom is 0.416 e. The molecule has 0 spiro atoms. The number of fused-ring (bicyclic) bond motifs is 1. The monoisotopic (exact) mass is 427 g/mol. The summed E-state index contributed by atoms with van der Waals surface area (Å²) < 4.78 is 42.3. The van der Waals surface area contributed by atoms with Gasteiger partial charge >= 0.3 is 6.18 Å². The standard InChI is InChI=1S/C24H24F3N3O/c1-16-6-7-18(15-20(16)24(25,26)27)23(31)30-14-13-29-12-4-5-21(29)22(30)17-8-10-19(11-9-17)28(2)3/h4-12,15,22H,13-14H2,1-3H3/t22-/m0/s1. The summed E-state index contributed by atoms with van der Waals surface area (Å²) in [6.45, 7) is 2.41. The van der Waals surface area contributed by atoms with Crippen LogP contribution in [0, 0.1) is 6.92 Å². The topological polar surface area (TPSA) is 28.5 Å². The number of carbonyl (C=O) groups is 1. The molecule has 7 heteroatoms. The van der Waals surface area contributed by atoms with E-state index in [1.54, 1.807) is 4.90 Å². The van der Waals surface area contributed by atoms with Gasteiger partial charge in [-0.25, -0.2) is 0 Å². The number of alkyl halides is 3. The van der Waals surface area contributed by atoms with Gasteiger partial charge in [0.15, 0.2) is 0 Å².